The second-order valence-electron chi connectivity index (χ2n) is 4.58. The number of fused-ring (bicyclic) bond motifs is 1. The number of carbonyl (C=O) groups excluding carboxylic acids is 2. The van der Waals surface area contributed by atoms with Crippen LogP contribution in [0, 0.1) is 0 Å². The standard InChI is InChI=1S/C14H8F3N3O3S/c15-14(16,17)12(22)18-7-3-4-8-10(6-7)24-13(19-8)20-11(21)9-2-1-5-23-9/h1-6H,(H,18,22)(H,19,20,21). The Labute approximate surface area is 136 Å². The first-order valence-electron chi connectivity index (χ1n) is 6.46. The molecule has 2 aromatic heterocycles. The molecule has 0 aliphatic rings. The fraction of sp³-hybridized carbons (Fsp3) is 0.0714. The minimum Gasteiger partial charge on any atom is -0.459 e. The van der Waals surface area contributed by atoms with Crippen molar-refractivity contribution in [3.05, 3.63) is 42.4 Å². The summed E-state index contributed by atoms with van der Waals surface area (Å²) < 4.78 is 42.2. The van der Waals surface area contributed by atoms with Crippen molar-refractivity contribution in [3.8, 4) is 0 Å². The molecular formula is C14H8F3N3O3S. The minimum absolute atomic E-state index is 0.0163. The van der Waals surface area contributed by atoms with Gasteiger partial charge in [0.1, 0.15) is 0 Å². The van der Waals surface area contributed by atoms with Gasteiger partial charge in [0.2, 0.25) is 0 Å². The van der Waals surface area contributed by atoms with Crippen LogP contribution in [0.3, 0.4) is 0 Å². The number of nitrogens with zero attached hydrogens (tertiary/aromatic N) is 1. The molecule has 0 bridgehead atoms. The molecule has 0 radical (unpaired) electrons. The van der Waals surface area contributed by atoms with Crippen LogP contribution in [0.2, 0.25) is 0 Å². The molecule has 0 saturated heterocycles. The van der Waals surface area contributed by atoms with E-state index in [-0.39, 0.29) is 16.6 Å². The molecule has 124 valence electrons. The van der Waals surface area contributed by atoms with Gasteiger partial charge in [-0.15, -0.1) is 0 Å². The van der Waals surface area contributed by atoms with Crippen LogP contribution in [0.1, 0.15) is 10.6 Å². The Kier molecular flexibility index (Phi) is 3.97. The highest BCUT2D eigenvalue weighted by Crippen LogP contribution is 2.29. The van der Waals surface area contributed by atoms with E-state index in [4.69, 9.17) is 4.42 Å². The SMILES string of the molecule is O=C(Nc1nc2ccc(NC(=O)C(F)(F)F)cc2s1)c1ccco1. The van der Waals surface area contributed by atoms with Crippen LogP contribution in [-0.4, -0.2) is 23.0 Å². The molecule has 0 aliphatic heterocycles. The van der Waals surface area contributed by atoms with E-state index in [1.165, 1.54) is 30.5 Å². The molecule has 1 aromatic carbocycles. The topological polar surface area (TPSA) is 84.2 Å². The van der Waals surface area contributed by atoms with E-state index in [9.17, 15) is 22.8 Å². The highest BCUT2D eigenvalue weighted by Gasteiger charge is 2.38. The Morgan fingerprint density at radius 2 is 1.96 bits per heavy atom. The molecule has 2 amide bonds. The molecule has 2 heterocycles. The maximum Gasteiger partial charge on any atom is 0.471 e. The number of anilines is 2. The van der Waals surface area contributed by atoms with Crippen LogP contribution in [0.4, 0.5) is 24.0 Å². The Morgan fingerprint density at radius 3 is 2.62 bits per heavy atom. The van der Waals surface area contributed by atoms with Gasteiger partial charge >= 0.3 is 12.1 Å². The molecule has 6 nitrogen and oxygen atoms in total. The molecule has 0 atom stereocenters. The summed E-state index contributed by atoms with van der Waals surface area (Å²) in [5.41, 5.74) is 0.456. The normalized spacial score (nSPS) is 11.5. The number of thiazole rings is 1. The number of amides is 2. The third-order valence-corrected chi connectivity index (χ3v) is 3.80. The van der Waals surface area contributed by atoms with E-state index in [0.29, 0.717) is 10.2 Å². The first kappa shape index (κ1) is 16.0. The minimum atomic E-state index is -4.97. The van der Waals surface area contributed by atoms with Crippen LogP contribution < -0.4 is 10.6 Å². The van der Waals surface area contributed by atoms with Gasteiger partial charge in [-0.3, -0.25) is 14.9 Å². The lowest BCUT2D eigenvalue weighted by Crippen LogP contribution is -2.29. The maximum absolute atomic E-state index is 12.3. The molecule has 3 rings (SSSR count). The van der Waals surface area contributed by atoms with Gasteiger partial charge < -0.3 is 9.73 Å². The Hall–Kier alpha value is -2.88. The Morgan fingerprint density at radius 1 is 1.17 bits per heavy atom. The summed E-state index contributed by atoms with van der Waals surface area (Å²) in [6, 6.07) is 7.12. The number of benzene rings is 1. The van der Waals surface area contributed by atoms with E-state index in [2.05, 4.69) is 10.3 Å². The van der Waals surface area contributed by atoms with Gasteiger partial charge in [0.15, 0.2) is 10.9 Å². The van der Waals surface area contributed by atoms with Gasteiger partial charge in [0, 0.05) is 5.69 Å². The number of hydrogen-bond acceptors (Lipinski definition) is 5. The second kappa shape index (κ2) is 5.96. The summed E-state index contributed by atoms with van der Waals surface area (Å²) in [4.78, 5) is 26.9. The van der Waals surface area contributed by atoms with Gasteiger partial charge in [-0.25, -0.2) is 4.98 Å². The fourth-order valence-electron chi connectivity index (χ4n) is 1.82. The fourth-order valence-corrected chi connectivity index (χ4v) is 2.72. The van der Waals surface area contributed by atoms with Crippen molar-refractivity contribution in [2.45, 2.75) is 6.18 Å². The van der Waals surface area contributed by atoms with Gasteiger partial charge in [-0.05, 0) is 30.3 Å². The summed E-state index contributed by atoms with van der Waals surface area (Å²) in [5, 5.41) is 4.54. The number of alkyl halides is 3. The number of hydrogen-bond donors (Lipinski definition) is 2. The zero-order chi connectivity index (χ0) is 17.3. The Balaban J connectivity index is 1.79. The van der Waals surface area contributed by atoms with Gasteiger partial charge in [-0.1, -0.05) is 11.3 Å². The second-order valence-corrected chi connectivity index (χ2v) is 5.62. The van der Waals surface area contributed by atoms with Crippen molar-refractivity contribution in [1.82, 2.24) is 4.98 Å². The van der Waals surface area contributed by atoms with Crippen LogP contribution in [0.15, 0.2) is 41.0 Å². The maximum atomic E-state index is 12.3. The van der Waals surface area contributed by atoms with E-state index < -0.39 is 18.0 Å². The first-order valence-corrected chi connectivity index (χ1v) is 7.28. The third-order valence-electron chi connectivity index (χ3n) is 2.87. The summed E-state index contributed by atoms with van der Waals surface area (Å²) in [5.74, 6) is -2.45. The average Bonchev–Trinajstić information content (AvgIpc) is 3.14. The monoisotopic (exact) mass is 355 g/mol. The summed E-state index contributed by atoms with van der Waals surface area (Å²) in [6.45, 7) is 0. The van der Waals surface area contributed by atoms with Crippen molar-refractivity contribution < 1.29 is 27.2 Å². The first-order chi connectivity index (χ1) is 11.3. The molecule has 2 N–H and O–H groups in total. The molecule has 0 fully saturated rings. The van der Waals surface area contributed by atoms with Gasteiger partial charge in [-0.2, -0.15) is 13.2 Å². The molecule has 10 heteroatoms. The summed E-state index contributed by atoms with van der Waals surface area (Å²) in [7, 11) is 0. The zero-order valence-corrected chi connectivity index (χ0v) is 12.5. The van der Waals surface area contributed by atoms with Crippen LogP contribution in [0.25, 0.3) is 10.2 Å². The number of rotatable bonds is 3. The van der Waals surface area contributed by atoms with Crippen molar-refractivity contribution in [1.29, 1.82) is 0 Å². The van der Waals surface area contributed by atoms with Gasteiger partial charge in [0.25, 0.3) is 5.91 Å². The molecule has 3 aromatic rings. The lowest BCUT2D eigenvalue weighted by atomic mass is 10.3. The number of furan rings is 1. The van der Waals surface area contributed by atoms with Gasteiger partial charge in [0.05, 0.1) is 16.5 Å². The zero-order valence-electron chi connectivity index (χ0n) is 11.7. The molecule has 0 aliphatic carbocycles. The van der Waals surface area contributed by atoms with Crippen LogP contribution in [-0.2, 0) is 4.79 Å². The quantitative estimate of drug-likeness (QED) is 0.751. The molecule has 0 spiro atoms. The predicted molar refractivity (Wildman–Crippen MR) is 81.0 cm³/mol. The van der Waals surface area contributed by atoms with E-state index >= 15 is 0 Å². The molecule has 24 heavy (non-hydrogen) atoms. The van der Waals surface area contributed by atoms with Crippen molar-refractivity contribution in [2.24, 2.45) is 0 Å². The number of aromatic nitrogens is 1. The number of carbonyl (C=O) groups is 2. The smallest absolute Gasteiger partial charge is 0.459 e. The average molecular weight is 355 g/mol. The Bertz CT molecular complexity index is 903. The lowest BCUT2D eigenvalue weighted by Gasteiger charge is -2.07. The molecule has 0 unspecified atom stereocenters. The highest BCUT2D eigenvalue weighted by molar-refractivity contribution is 7.22. The third kappa shape index (κ3) is 3.38. The summed E-state index contributed by atoms with van der Waals surface area (Å²) >= 11 is 1.05. The number of nitrogens with one attached hydrogen (secondary N) is 2. The summed E-state index contributed by atoms with van der Waals surface area (Å²) in [6.07, 6.45) is -3.62. The van der Waals surface area contributed by atoms with E-state index in [1.54, 1.807) is 11.4 Å². The molecular weight excluding hydrogens is 347 g/mol. The lowest BCUT2D eigenvalue weighted by molar-refractivity contribution is -0.167. The predicted octanol–water partition coefficient (Wildman–Crippen LogP) is 3.64. The van der Waals surface area contributed by atoms with Crippen molar-refractivity contribution in [3.63, 3.8) is 0 Å². The van der Waals surface area contributed by atoms with Crippen molar-refractivity contribution in [2.75, 3.05) is 10.6 Å². The van der Waals surface area contributed by atoms with Crippen molar-refractivity contribution >= 4 is 44.2 Å². The number of halogens is 3. The van der Waals surface area contributed by atoms with E-state index in [0.717, 1.165) is 11.3 Å². The highest BCUT2D eigenvalue weighted by atomic mass is 32.1. The van der Waals surface area contributed by atoms with E-state index in [1.807, 2.05) is 0 Å². The largest absolute Gasteiger partial charge is 0.471 e. The van der Waals surface area contributed by atoms with Crippen LogP contribution >= 0.6 is 11.3 Å². The molecule has 0 saturated carbocycles. The van der Waals surface area contributed by atoms with Crippen LogP contribution in [0.5, 0.6) is 0 Å².